The van der Waals surface area contributed by atoms with E-state index in [-0.39, 0.29) is 5.91 Å². The molecule has 1 fully saturated rings. The summed E-state index contributed by atoms with van der Waals surface area (Å²) in [6.45, 7) is 5.59. The highest BCUT2D eigenvalue weighted by Gasteiger charge is 2.23. The van der Waals surface area contributed by atoms with Gasteiger partial charge in [-0.05, 0) is 36.8 Å². The Balaban J connectivity index is 1.57. The van der Waals surface area contributed by atoms with E-state index in [2.05, 4.69) is 21.8 Å². The summed E-state index contributed by atoms with van der Waals surface area (Å²) < 4.78 is 5.55. The molecule has 3 rings (SSSR count). The maximum atomic E-state index is 12.6. The molecule has 24 heavy (non-hydrogen) atoms. The van der Waals surface area contributed by atoms with Crippen molar-refractivity contribution >= 4 is 11.9 Å². The lowest BCUT2D eigenvalue weighted by Gasteiger charge is -2.34. The number of piperazine rings is 1. The average Bonchev–Trinajstić information content (AvgIpc) is 2.67. The van der Waals surface area contributed by atoms with E-state index in [9.17, 15) is 4.79 Å². The summed E-state index contributed by atoms with van der Waals surface area (Å²) in [4.78, 5) is 25.1. The first-order chi connectivity index (χ1) is 11.8. The number of nitrogens with zero attached hydrogens (tertiary/aromatic N) is 4. The van der Waals surface area contributed by atoms with Crippen LogP contribution in [-0.4, -0.2) is 53.6 Å². The monoisotopic (exact) mass is 326 g/mol. The summed E-state index contributed by atoms with van der Waals surface area (Å²) in [5.74, 6) is 1.59. The maximum absolute atomic E-state index is 12.6. The second-order valence-electron chi connectivity index (χ2n) is 5.70. The molecule has 0 atom stereocenters. The van der Waals surface area contributed by atoms with Crippen molar-refractivity contribution in [3.8, 4) is 5.75 Å². The largest absolute Gasteiger partial charge is 0.494 e. The van der Waals surface area contributed by atoms with Crippen LogP contribution in [0.15, 0.2) is 42.7 Å². The third-order valence-corrected chi connectivity index (χ3v) is 3.98. The first kappa shape index (κ1) is 16.2. The van der Waals surface area contributed by atoms with E-state index in [1.165, 1.54) is 0 Å². The molecule has 2 heterocycles. The number of carbonyl (C=O) groups excluding carboxylic acids is 1. The molecule has 1 aliphatic rings. The summed E-state index contributed by atoms with van der Waals surface area (Å²) in [5, 5.41) is 0. The van der Waals surface area contributed by atoms with Crippen molar-refractivity contribution in [3.05, 3.63) is 48.3 Å². The Labute approximate surface area is 142 Å². The van der Waals surface area contributed by atoms with Gasteiger partial charge in [0.05, 0.1) is 6.61 Å². The smallest absolute Gasteiger partial charge is 0.253 e. The lowest BCUT2D eigenvalue weighted by Crippen LogP contribution is -2.49. The van der Waals surface area contributed by atoms with Gasteiger partial charge in [-0.1, -0.05) is 6.92 Å². The van der Waals surface area contributed by atoms with E-state index in [0.29, 0.717) is 25.3 Å². The van der Waals surface area contributed by atoms with Gasteiger partial charge in [-0.25, -0.2) is 9.97 Å². The number of aromatic nitrogens is 2. The number of carbonyl (C=O) groups is 1. The number of hydrogen-bond donors (Lipinski definition) is 0. The summed E-state index contributed by atoms with van der Waals surface area (Å²) in [6, 6.07) is 9.19. The van der Waals surface area contributed by atoms with Gasteiger partial charge >= 0.3 is 0 Å². The first-order valence-corrected chi connectivity index (χ1v) is 8.32. The normalized spacial score (nSPS) is 14.5. The number of ether oxygens (including phenoxy) is 1. The molecule has 2 aromatic rings. The van der Waals surface area contributed by atoms with Crippen molar-refractivity contribution in [1.29, 1.82) is 0 Å². The number of hydrogen-bond acceptors (Lipinski definition) is 5. The van der Waals surface area contributed by atoms with Crippen molar-refractivity contribution in [2.24, 2.45) is 0 Å². The molecule has 0 saturated carbocycles. The molecule has 1 aliphatic heterocycles. The van der Waals surface area contributed by atoms with Crippen LogP contribution in [0.1, 0.15) is 23.7 Å². The first-order valence-electron chi connectivity index (χ1n) is 8.32. The zero-order valence-corrected chi connectivity index (χ0v) is 13.9. The predicted octanol–water partition coefficient (Wildman–Crippen LogP) is 2.23. The molecular weight excluding hydrogens is 304 g/mol. The van der Waals surface area contributed by atoms with Gasteiger partial charge < -0.3 is 14.5 Å². The number of rotatable bonds is 5. The highest BCUT2D eigenvalue weighted by molar-refractivity contribution is 5.94. The molecule has 0 spiro atoms. The van der Waals surface area contributed by atoms with Gasteiger partial charge in [-0.15, -0.1) is 0 Å². The lowest BCUT2D eigenvalue weighted by molar-refractivity contribution is 0.0746. The molecule has 126 valence electrons. The van der Waals surface area contributed by atoms with Crippen molar-refractivity contribution in [3.63, 3.8) is 0 Å². The van der Waals surface area contributed by atoms with Crippen LogP contribution in [0.5, 0.6) is 5.75 Å². The summed E-state index contributed by atoms with van der Waals surface area (Å²) in [6.07, 6.45) is 4.44. The molecule has 0 radical (unpaired) electrons. The van der Waals surface area contributed by atoms with E-state index < -0.39 is 0 Å². The molecule has 1 amide bonds. The van der Waals surface area contributed by atoms with Crippen LogP contribution in [0.3, 0.4) is 0 Å². The Morgan fingerprint density at radius 2 is 1.75 bits per heavy atom. The SMILES string of the molecule is CCCOc1ccc(C(=O)N2CCN(c3ncccn3)CC2)cc1. The summed E-state index contributed by atoms with van der Waals surface area (Å²) in [5.41, 5.74) is 0.697. The third-order valence-electron chi connectivity index (χ3n) is 3.98. The third kappa shape index (κ3) is 3.82. The Morgan fingerprint density at radius 1 is 1.08 bits per heavy atom. The molecule has 6 heteroatoms. The Morgan fingerprint density at radius 3 is 2.38 bits per heavy atom. The zero-order valence-electron chi connectivity index (χ0n) is 13.9. The van der Waals surface area contributed by atoms with Crippen LogP contribution < -0.4 is 9.64 Å². The molecule has 0 aliphatic carbocycles. The summed E-state index contributed by atoms with van der Waals surface area (Å²) in [7, 11) is 0. The molecule has 0 N–H and O–H groups in total. The Hall–Kier alpha value is -2.63. The fourth-order valence-corrected chi connectivity index (χ4v) is 2.66. The number of anilines is 1. The molecule has 1 aromatic carbocycles. The highest BCUT2D eigenvalue weighted by atomic mass is 16.5. The number of benzene rings is 1. The fraction of sp³-hybridized carbons (Fsp3) is 0.389. The molecule has 1 aromatic heterocycles. The highest BCUT2D eigenvalue weighted by Crippen LogP contribution is 2.16. The minimum atomic E-state index is 0.0608. The van der Waals surface area contributed by atoms with Gasteiger partial charge in [-0.2, -0.15) is 0 Å². The zero-order chi connectivity index (χ0) is 16.8. The van der Waals surface area contributed by atoms with Gasteiger partial charge in [0.1, 0.15) is 5.75 Å². The standard InChI is InChI=1S/C18H22N4O2/c1-2-14-24-16-6-4-15(5-7-16)17(23)21-10-12-22(13-11-21)18-19-8-3-9-20-18/h3-9H,2,10-14H2,1H3. The Bertz CT molecular complexity index is 652. The summed E-state index contributed by atoms with van der Waals surface area (Å²) >= 11 is 0. The van der Waals surface area contributed by atoms with Crippen LogP contribution in [0.4, 0.5) is 5.95 Å². The predicted molar refractivity (Wildman–Crippen MR) is 92.4 cm³/mol. The van der Waals surface area contributed by atoms with E-state index in [1.54, 1.807) is 18.5 Å². The van der Waals surface area contributed by atoms with Crippen molar-refractivity contribution in [2.45, 2.75) is 13.3 Å². The second-order valence-corrected chi connectivity index (χ2v) is 5.70. The maximum Gasteiger partial charge on any atom is 0.253 e. The van der Waals surface area contributed by atoms with Crippen LogP contribution in [0, 0.1) is 0 Å². The van der Waals surface area contributed by atoms with Crippen molar-refractivity contribution < 1.29 is 9.53 Å². The van der Waals surface area contributed by atoms with Crippen molar-refractivity contribution in [2.75, 3.05) is 37.7 Å². The lowest BCUT2D eigenvalue weighted by atomic mass is 10.1. The second kappa shape index (κ2) is 7.77. The van der Waals surface area contributed by atoms with Crippen LogP contribution >= 0.6 is 0 Å². The molecule has 0 unspecified atom stereocenters. The topological polar surface area (TPSA) is 58.6 Å². The Kier molecular flexibility index (Phi) is 5.25. The van der Waals surface area contributed by atoms with Gasteiger partial charge in [0.25, 0.3) is 5.91 Å². The molecule has 6 nitrogen and oxygen atoms in total. The molecule has 1 saturated heterocycles. The molecule has 0 bridgehead atoms. The van der Waals surface area contributed by atoms with Gasteiger partial charge in [0.15, 0.2) is 0 Å². The van der Waals surface area contributed by atoms with Gasteiger partial charge in [0, 0.05) is 44.1 Å². The molecular formula is C18H22N4O2. The van der Waals surface area contributed by atoms with Crippen LogP contribution in [-0.2, 0) is 0 Å². The number of amides is 1. The van der Waals surface area contributed by atoms with E-state index in [0.717, 1.165) is 31.2 Å². The average molecular weight is 326 g/mol. The van der Waals surface area contributed by atoms with Gasteiger partial charge in [0.2, 0.25) is 5.95 Å². The van der Waals surface area contributed by atoms with E-state index >= 15 is 0 Å². The van der Waals surface area contributed by atoms with E-state index in [4.69, 9.17) is 4.74 Å². The minimum Gasteiger partial charge on any atom is -0.494 e. The minimum absolute atomic E-state index is 0.0608. The van der Waals surface area contributed by atoms with E-state index in [1.807, 2.05) is 29.2 Å². The quantitative estimate of drug-likeness (QED) is 0.843. The van der Waals surface area contributed by atoms with Crippen molar-refractivity contribution in [1.82, 2.24) is 14.9 Å². The fourth-order valence-electron chi connectivity index (χ4n) is 2.66. The van der Waals surface area contributed by atoms with Crippen LogP contribution in [0.25, 0.3) is 0 Å². The van der Waals surface area contributed by atoms with Gasteiger partial charge in [-0.3, -0.25) is 4.79 Å². The van der Waals surface area contributed by atoms with Crippen LogP contribution in [0.2, 0.25) is 0 Å².